The molecular formula is C22H18N4O4S. The van der Waals surface area contributed by atoms with Gasteiger partial charge in [-0.2, -0.15) is 10.4 Å². The average molecular weight is 434 g/mol. The van der Waals surface area contributed by atoms with E-state index in [9.17, 15) is 9.59 Å². The number of hydrogen-bond donors (Lipinski definition) is 2. The van der Waals surface area contributed by atoms with E-state index >= 15 is 0 Å². The first-order valence-electron chi connectivity index (χ1n) is 9.01. The second-order valence-electron chi connectivity index (χ2n) is 6.29. The molecule has 0 unspecified atom stereocenters. The molecule has 0 aliphatic rings. The number of methoxy groups -OCH3 is 1. The summed E-state index contributed by atoms with van der Waals surface area (Å²) in [4.78, 5) is 24.8. The summed E-state index contributed by atoms with van der Waals surface area (Å²) in [5.74, 6) is 0.0851. The quantitative estimate of drug-likeness (QED) is 0.265. The van der Waals surface area contributed by atoms with Crippen LogP contribution in [0.5, 0.6) is 11.5 Å². The summed E-state index contributed by atoms with van der Waals surface area (Å²) in [6.45, 7) is 1.66. The van der Waals surface area contributed by atoms with Crippen LogP contribution >= 0.6 is 11.3 Å². The second-order valence-corrected chi connectivity index (χ2v) is 7.35. The molecule has 2 aromatic carbocycles. The Morgan fingerprint density at radius 3 is 2.35 bits per heavy atom. The highest BCUT2D eigenvalue weighted by molar-refractivity contribution is 7.18. The maximum atomic E-state index is 12.2. The molecule has 0 spiro atoms. The number of esters is 1. The van der Waals surface area contributed by atoms with Crippen LogP contribution in [0.2, 0.25) is 0 Å². The molecule has 9 heteroatoms. The number of hydrazone groups is 1. The number of carbonyl (C=O) groups is 2. The van der Waals surface area contributed by atoms with E-state index in [0.717, 1.165) is 11.3 Å². The number of ether oxygens (including phenoxy) is 2. The van der Waals surface area contributed by atoms with E-state index in [0.29, 0.717) is 43.6 Å². The first kappa shape index (κ1) is 21.5. The molecule has 156 valence electrons. The van der Waals surface area contributed by atoms with Crippen molar-refractivity contribution >= 4 is 34.4 Å². The molecule has 0 atom stereocenters. The van der Waals surface area contributed by atoms with E-state index in [2.05, 4.69) is 10.5 Å². The molecule has 1 aromatic heterocycles. The molecular weight excluding hydrogens is 416 g/mol. The average Bonchev–Trinajstić information content (AvgIpc) is 3.08. The summed E-state index contributed by atoms with van der Waals surface area (Å²) in [7, 11) is 1.55. The van der Waals surface area contributed by atoms with Gasteiger partial charge in [0.15, 0.2) is 0 Å². The van der Waals surface area contributed by atoms with Gasteiger partial charge in [0.1, 0.15) is 27.4 Å². The zero-order valence-electron chi connectivity index (χ0n) is 16.7. The van der Waals surface area contributed by atoms with Crippen molar-refractivity contribution in [1.29, 1.82) is 5.26 Å². The highest BCUT2D eigenvalue weighted by Crippen LogP contribution is 2.29. The summed E-state index contributed by atoms with van der Waals surface area (Å²) in [6, 6.07) is 15.2. The first-order valence-corrected chi connectivity index (χ1v) is 9.83. The van der Waals surface area contributed by atoms with Crippen LogP contribution in [0.25, 0.3) is 0 Å². The van der Waals surface area contributed by atoms with Crippen molar-refractivity contribution in [2.45, 2.75) is 6.92 Å². The standard InChI is InChI=1S/C22H18N4O4S/c1-13-18(11-23)20(24)31-19(13)21(27)26-25-12-14-3-7-17(8-4-14)30-22(28)15-5-9-16(29-2)10-6-15/h3-10,12H,24H2,1-2H3,(H,26,27)/b25-12-. The van der Waals surface area contributed by atoms with Crippen LogP contribution < -0.4 is 20.6 Å². The molecule has 0 fully saturated rings. The van der Waals surface area contributed by atoms with Crippen LogP contribution in [0.4, 0.5) is 5.00 Å². The largest absolute Gasteiger partial charge is 0.497 e. The number of benzene rings is 2. The van der Waals surface area contributed by atoms with Crippen molar-refractivity contribution in [2.24, 2.45) is 5.10 Å². The minimum absolute atomic E-state index is 0.300. The van der Waals surface area contributed by atoms with Gasteiger partial charge in [-0.1, -0.05) is 0 Å². The lowest BCUT2D eigenvalue weighted by molar-refractivity contribution is 0.0734. The number of rotatable bonds is 6. The molecule has 3 rings (SSSR count). The third kappa shape index (κ3) is 5.07. The molecule has 0 aliphatic carbocycles. The Bertz CT molecular complexity index is 1180. The molecule has 0 saturated heterocycles. The number of nitrogens with two attached hydrogens (primary N) is 1. The Kier molecular flexibility index (Phi) is 6.64. The van der Waals surface area contributed by atoms with Crippen LogP contribution in [-0.4, -0.2) is 25.2 Å². The number of carbonyl (C=O) groups excluding carboxylic acids is 2. The normalized spacial score (nSPS) is 10.5. The molecule has 31 heavy (non-hydrogen) atoms. The highest BCUT2D eigenvalue weighted by Gasteiger charge is 2.18. The van der Waals surface area contributed by atoms with Crippen LogP contribution in [-0.2, 0) is 0 Å². The smallest absolute Gasteiger partial charge is 0.343 e. The number of hydrogen-bond acceptors (Lipinski definition) is 8. The molecule has 0 aliphatic heterocycles. The monoisotopic (exact) mass is 434 g/mol. The van der Waals surface area contributed by atoms with Gasteiger partial charge >= 0.3 is 5.97 Å². The van der Waals surface area contributed by atoms with Gasteiger partial charge in [0.25, 0.3) is 5.91 Å². The molecule has 3 aromatic rings. The minimum Gasteiger partial charge on any atom is -0.497 e. The predicted octanol–water partition coefficient (Wildman–Crippen LogP) is 3.50. The maximum absolute atomic E-state index is 12.2. The van der Waals surface area contributed by atoms with Crippen LogP contribution in [0.15, 0.2) is 53.6 Å². The molecule has 0 radical (unpaired) electrons. The lowest BCUT2D eigenvalue weighted by Crippen LogP contribution is -2.17. The maximum Gasteiger partial charge on any atom is 0.343 e. The van der Waals surface area contributed by atoms with Gasteiger partial charge in [-0.3, -0.25) is 4.79 Å². The van der Waals surface area contributed by atoms with E-state index in [4.69, 9.17) is 20.5 Å². The Morgan fingerprint density at radius 2 is 1.77 bits per heavy atom. The van der Waals surface area contributed by atoms with E-state index in [1.165, 1.54) is 6.21 Å². The van der Waals surface area contributed by atoms with E-state index in [1.54, 1.807) is 62.6 Å². The summed E-state index contributed by atoms with van der Waals surface area (Å²) in [5, 5.41) is 13.3. The van der Waals surface area contributed by atoms with Crippen molar-refractivity contribution in [3.05, 3.63) is 75.7 Å². The number of amides is 1. The minimum atomic E-state index is -0.487. The van der Waals surface area contributed by atoms with Crippen molar-refractivity contribution in [3.8, 4) is 17.6 Å². The molecule has 3 N–H and O–H groups in total. The van der Waals surface area contributed by atoms with Gasteiger partial charge in [-0.05, 0) is 66.6 Å². The zero-order valence-corrected chi connectivity index (χ0v) is 17.5. The van der Waals surface area contributed by atoms with Gasteiger partial charge in [-0.25, -0.2) is 10.2 Å². The highest BCUT2D eigenvalue weighted by atomic mass is 32.1. The topological polar surface area (TPSA) is 127 Å². The van der Waals surface area contributed by atoms with Crippen molar-refractivity contribution < 1.29 is 19.1 Å². The molecule has 1 amide bonds. The van der Waals surface area contributed by atoms with E-state index in [1.807, 2.05) is 6.07 Å². The van der Waals surface area contributed by atoms with Gasteiger partial charge in [0.2, 0.25) is 0 Å². The van der Waals surface area contributed by atoms with Crippen molar-refractivity contribution in [3.63, 3.8) is 0 Å². The number of nitrogens with zero attached hydrogens (tertiary/aromatic N) is 2. The fourth-order valence-corrected chi connectivity index (χ4v) is 3.54. The lowest BCUT2D eigenvalue weighted by Gasteiger charge is -2.05. The third-order valence-corrected chi connectivity index (χ3v) is 5.41. The molecule has 0 bridgehead atoms. The van der Waals surface area contributed by atoms with Crippen LogP contribution in [0, 0.1) is 18.3 Å². The number of anilines is 1. The molecule has 0 saturated carbocycles. The lowest BCUT2D eigenvalue weighted by atomic mass is 10.2. The Hall–Kier alpha value is -4.16. The predicted molar refractivity (Wildman–Crippen MR) is 118 cm³/mol. The number of nitrogens with one attached hydrogen (secondary N) is 1. The Morgan fingerprint density at radius 1 is 1.13 bits per heavy atom. The molecule has 8 nitrogen and oxygen atoms in total. The third-order valence-electron chi connectivity index (χ3n) is 4.29. The zero-order chi connectivity index (χ0) is 22.4. The summed E-state index contributed by atoms with van der Waals surface area (Å²) in [6.07, 6.45) is 1.45. The SMILES string of the molecule is COc1ccc(C(=O)Oc2ccc(/C=N\NC(=O)c3sc(N)c(C#N)c3C)cc2)cc1. The Balaban J connectivity index is 1.58. The summed E-state index contributed by atoms with van der Waals surface area (Å²) >= 11 is 1.04. The first-order chi connectivity index (χ1) is 14.9. The number of nitrogen functional groups attached to an aromatic ring is 1. The number of thiophene rings is 1. The van der Waals surface area contributed by atoms with Crippen molar-refractivity contribution in [2.75, 3.05) is 12.8 Å². The number of nitriles is 1. The van der Waals surface area contributed by atoms with Gasteiger partial charge in [0, 0.05) is 0 Å². The van der Waals surface area contributed by atoms with Gasteiger partial charge in [0.05, 0.1) is 24.5 Å². The van der Waals surface area contributed by atoms with E-state index < -0.39 is 11.9 Å². The van der Waals surface area contributed by atoms with Gasteiger partial charge < -0.3 is 15.2 Å². The Labute approximate surface area is 182 Å². The molecule has 1 heterocycles. The second kappa shape index (κ2) is 9.56. The van der Waals surface area contributed by atoms with Gasteiger partial charge in [-0.15, -0.1) is 11.3 Å². The summed E-state index contributed by atoms with van der Waals surface area (Å²) in [5.41, 5.74) is 10.1. The fourth-order valence-electron chi connectivity index (χ4n) is 2.62. The van der Waals surface area contributed by atoms with Crippen LogP contribution in [0.1, 0.15) is 36.7 Å². The van der Waals surface area contributed by atoms with Crippen LogP contribution in [0.3, 0.4) is 0 Å². The van der Waals surface area contributed by atoms with Crippen molar-refractivity contribution in [1.82, 2.24) is 5.43 Å². The fraction of sp³-hybridized carbons (Fsp3) is 0.0909. The van der Waals surface area contributed by atoms with E-state index in [-0.39, 0.29) is 0 Å². The summed E-state index contributed by atoms with van der Waals surface area (Å²) < 4.78 is 10.4.